The third-order valence-corrected chi connectivity index (χ3v) is 6.97. The Morgan fingerprint density at radius 3 is 2.66 bits per heavy atom. The summed E-state index contributed by atoms with van der Waals surface area (Å²) in [5, 5.41) is 8.90. The van der Waals surface area contributed by atoms with Gasteiger partial charge in [-0.15, -0.1) is 0 Å². The number of pyridine rings is 1. The summed E-state index contributed by atoms with van der Waals surface area (Å²) in [6.07, 6.45) is 5.65. The molecule has 0 aliphatic heterocycles. The molecule has 0 bridgehead atoms. The lowest BCUT2D eigenvalue weighted by Gasteiger charge is -2.27. The molecule has 4 rings (SSSR count). The molecule has 0 spiro atoms. The van der Waals surface area contributed by atoms with E-state index >= 15 is 0 Å². The molecule has 0 fully saturated rings. The fourth-order valence-corrected chi connectivity index (χ4v) is 5.26. The summed E-state index contributed by atoms with van der Waals surface area (Å²) >= 11 is 0. The van der Waals surface area contributed by atoms with Crippen molar-refractivity contribution in [3.05, 3.63) is 77.6 Å². The molecule has 32 heavy (non-hydrogen) atoms. The Morgan fingerprint density at radius 1 is 1.16 bits per heavy atom. The minimum atomic E-state index is -3.75. The van der Waals surface area contributed by atoms with Crippen molar-refractivity contribution >= 4 is 16.0 Å². The fraction of sp³-hybridized carbons (Fsp3) is 0.250. The molecule has 1 atom stereocenters. The standard InChI is InChI=1S/C24H24N2O5S/c1-16-12-18(14-25-13-16)17-8-10-19(11-9-17)32(29,30)26-22-6-2-5-21-20(22)4-3-7-23(21)31-15-24(27)28/h3-4,7-14,22,26H,2,5-6,15H2,1H3,(H,27,28)/t22-/m1/s1. The zero-order chi connectivity index (χ0) is 22.7. The van der Waals surface area contributed by atoms with Crippen LogP contribution in [0.4, 0.5) is 0 Å². The number of hydrogen-bond acceptors (Lipinski definition) is 5. The Balaban J connectivity index is 1.56. The predicted molar refractivity (Wildman–Crippen MR) is 120 cm³/mol. The van der Waals surface area contributed by atoms with E-state index in [2.05, 4.69) is 9.71 Å². The number of rotatable bonds is 7. The van der Waals surface area contributed by atoms with E-state index in [9.17, 15) is 13.2 Å². The molecule has 0 saturated heterocycles. The zero-order valence-electron chi connectivity index (χ0n) is 17.6. The Bertz CT molecular complexity index is 1240. The molecule has 1 aliphatic carbocycles. The van der Waals surface area contributed by atoms with E-state index in [0.29, 0.717) is 18.6 Å². The predicted octanol–water partition coefficient (Wildman–Crippen LogP) is 3.88. The lowest BCUT2D eigenvalue weighted by atomic mass is 9.87. The van der Waals surface area contributed by atoms with Crippen LogP contribution in [0.2, 0.25) is 0 Å². The van der Waals surface area contributed by atoms with Gasteiger partial charge < -0.3 is 9.84 Å². The summed E-state index contributed by atoms with van der Waals surface area (Å²) in [7, 11) is -3.75. The number of carboxylic acid groups (broad SMARTS) is 1. The molecule has 166 valence electrons. The minimum Gasteiger partial charge on any atom is -0.482 e. The van der Waals surface area contributed by atoms with Crippen molar-refractivity contribution in [3.63, 3.8) is 0 Å². The van der Waals surface area contributed by atoms with Crippen molar-refractivity contribution in [3.8, 4) is 16.9 Å². The number of carboxylic acids is 1. The summed E-state index contributed by atoms with van der Waals surface area (Å²) < 4.78 is 34.4. The Morgan fingerprint density at radius 2 is 1.94 bits per heavy atom. The largest absolute Gasteiger partial charge is 0.482 e. The summed E-state index contributed by atoms with van der Waals surface area (Å²) in [5.74, 6) is -0.564. The molecular formula is C24H24N2O5S. The van der Waals surface area contributed by atoms with E-state index in [-0.39, 0.29) is 4.90 Å². The van der Waals surface area contributed by atoms with Crippen LogP contribution in [-0.4, -0.2) is 31.1 Å². The SMILES string of the molecule is Cc1cncc(-c2ccc(S(=O)(=O)N[C@@H]3CCCc4c(OCC(=O)O)cccc43)cc2)c1. The third kappa shape index (κ3) is 4.81. The summed E-state index contributed by atoms with van der Waals surface area (Å²) in [4.78, 5) is 15.2. The minimum absolute atomic E-state index is 0.187. The number of fused-ring (bicyclic) bond motifs is 1. The number of benzene rings is 2. The summed E-state index contributed by atoms with van der Waals surface area (Å²) in [6.45, 7) is 1.52. The Hall–Kier alpha value is -3.23. The van der Waals surface area contributed by atoms with Crippen LogP contribution in [0.25, 0.3) is 11.1 Å². The van der Waals surface area contributed by atoms with Crippen LogP contribution in [0.5, 0.6) is 5.75 Å². The molecule has 1 aromatic heterocycles. The summed E-state index contributed by atoms with van der Waals surface area (Å²) in [5.41, 5.74) is 4.53. The van der Waals surface area contributed by atoms with Crippen LogP contribution in [0.1, 0.15) is 35.6 Å². The molecule has 0 radical (unpaired) electrons. The molecule has 1 heterocycles. The van der Waals surface area contributed by atoms with Crippen molar-refractivity contribution in [2.45, 2.75) is 37.1 Å². The number of ether oxygens (including phenoxy) is 1. The molecule has 1 aliphatic rings. The van der Waals surface area contributed by atoms with Crippen molar-refractivity contribution < 1.29 is 23.1 Å². The van der Waals surface area contributed by atoms with E-state index in [1.54, 1.807) is 48.8 Å². The second-order valence-electron chi connectivity index (χ2n) is 7.85. The van der Waals surface area contributed by atoms with Crippen LogP contribution in [0.15, 0.2) is 65.8 Å². The Kier molecular flexibility index (Phi) is 6.25. The van der Waals surface area contributed by atoms with Gasteiger partial charge in [-0.1, -0.05) is 24.3 Å². The van der Waals surface area contributed by atoms with Gasteiger partial charge in [0.05, 0.1) is 4.90 Å². The van der Waals surface area contributed by atoms with Gasteiger partial charge in [0.15, 0.2) is 6.61 Å². The number of carbonyl (C=O) groups is 1. The molecule has 8 heteroatoms. The number of aliphatic carboxylic acids is 1. The highest BCUT2D eigenvalue weighted by Crippen LogP contribution is 2.36. The number of aryl methyl sites for hydroxylation is 1. The van der Waals surface area contributed by atoms with Gasteiger partial charge in [-0.05, 0) is 72.7 Å². The molecule has 2 aromatic carbocycles. The lowest BCUT2D eigenvalue weighted by Crippen LogP contribution is -2.31. The number of nitrogens with one attached hydrogen (secondary N) is 1. The van der Waals surface area contributed by atoms with Gasteiger partial charge in [-0.3, -0.25) is 4.98 Å². The second-order valence-corrected chi connectivity index (χ2v) is 9.56. The van der Waals surface area contributed by atoms with Gasteiger partial charge in [0.2, 0.25) is 10.0 Å². The van der Waals surface area contributed by atoms with Crippen molar-refractivity contribution in [1.29, 1.82) is 0 Å². The van der Waals surface area contributed by atoms with Crippen molar-refractivity contribution in [2.24, 2.45) is 0 Å². The number of nitrogens with zero attached hydrogens (tertiary/aromatic N) is 1. The molecule has 0 unspecified atom stereocenters. The first-order valence-corrected chi connectivity index (χ1v) is 11.8. The van der Waals surface area contributed by atoms with Gasteiger partial charge >= 0.3 is 5.97 Å². The number of hydrogen-bond donors (Lipinski definition) is 2. The smallest absolute Gasteiger partial charge is 0.341 e. The lowest BCUT2D eigenvalue weighted by molar-refractivity contribution is -0.139. The molecule has 0 amide bonds. The highest BCUT2D eigenvalue weighted by molar-refractivity contribution is 7.89. The van der Waals surface area contributed by atoms with E-state index in [0.717, 1.165) is 34.2 Å². The highest BCUT2D eigenvalue weighted by atomic mass is 32.2. The molecule has 0 saturated carbocycles. The average Bonchev–Trinajstić information content (AvgIpc) is 2.78. The fourth-order valence-electron chi connectivity index (χ4n) is 4.01. The van der Waals surface area contributed by atoms with Gasteiger partial charge in [0.1, 0.15) is 5.75 Å². The van der Waals surface area contributed by atoms with E-state index < -0.39 is 28.6 Å². The van der Waals surface area contributed by atoms with E-state index in [4.69, 9.17) is 9.84 Å². The van der Waals surface area contributed by atoms with Crippen molar-refractivity contribution in [1.82, 2.24) is 9.71 Å². The summed E-state index contributed by atoms with van der Waals surface area (Å²) in [6, 6.07) is 13.7. The van der Waals surface area contributed by atoms with Gasteiger partial charge in [-0.2, -0.15) is 0 Å². The second kappa shape index (κ2) is 9.10. The van der Waals surface area contributed by atoms with Gasteiger partial charge in [-0.25, -0.2) is 17.9 Å². The maximum Gasteiger partial charge on any atom is 0.341 e. The quantitative estimate of drug-likeness (QED) is 0.564. The van der Waals surface area contributed by atoms with Crippen LogP contribution >= 0.6 is 0 Å². The molecule has 7 nitrogen and oxygen atoms in total. The molecular weight excluding hydrogens is 428 g/mol. The Labute approximate surface area is 187 Å². The first-order chi connectivity index (χ1) is 15.3. The average molecular weight is 453 g/mol. The van der Waals surface area contributed by atoms with E-state index in [1.807, 2.05) is 19.1 Å². The van der Waals surface area contributed by atoms with Crippen LogP contribution < -0.4 is 9.46 Å². The van der Waals surface area contributed by atoms with Crippen LogP contribution in [-0.2, 0) is 21.2 Å². The maximum absolute atomic E-state index is 13.1. The highest BCUT2D eigenvalue weighted by Gasteiger charge is 2.27. The zero-order valence-corrected chi connectivity index (χ0v) is 18.4. The number of sulfonamides is 1. The molecule has 3 aromatic rings. The van der Waals surface area contributed by atoms with Gasteiger partial charge in [0, 0.05) is 24.0 Å². The first-order valence-electron chi connectivity index (χ1n) is 10.3. The van der Waals surface area contributed by atoms with E-state index in [1.165, 1.54) is 0 Å². The van der Waals surface area contributed by atoms with Crippen molar-refractivity contribution in [2.75, 3.05) is 6.61 Å². The first kappa shape index (κ1) is 22.0. The monoisotopic (exact) mass is 452 g/mol. The van der Waals surface area contributed by atoms with Crippen LogP contribution in [0.3, 0.4) is 0 Å². The molecule has 2 N–H and O–H groups in total. The third-order valence-electron chi connectivity index (χ3n) is 5.49. The normalized spacial score (nSPS) is 15.7. The number of aromatic nitrogens is 1. The van der Waals surface area contributed by atoms with Crippen LogP contribution in [0, 0.1) is 6.92 Å². The maximum atomic E-state index is 13.1. The topological polar surface area (TPSA) is 106 Å². The van der Waals surface area contributed by atoms with Gasteiger partial charge in [0.25, 0.3) is 0 Å².